The number of benzene rings is 1. The number of para-hydroxylation sites is 1. The lowest BCUT2D eigenvalue weighted by Crippen LogP contribution is -2.12. The van der Waals surface area contributed by atoms with Crippen molar-refractivity contribution in [3.05, 3.63) is 30.1 Å². The maximum atomic E-state index is 11.1. The molecule has 0 unspecified atom stereocenters. The van der Waals surface area contributed by atoms with Gasteiger partial charge in [0.15, 0.2) is 0 Å². The summed E-state index contributed by atoms with van der Waals surface area (Å²) >= 11 is 0. The van der Waals surface area contributed by atoms with E-state index in [4.69, 9.17) is 5.11 Å². The number of hydrogen-bond donors (Lipinski definition) is 2. The Balaban J connectivity index is 1.80. The second-order valence-electron chi connectivity index (χ2n) is 5.58. The first kappa shape index (κ1) is 13.8. The van der Waals surface area contributed by atoms with Gasteiger partial charge in [0.2, 0.25) is 5.82 Å². The molecular formula is C16H19N3O2. The van der Waals surface area contributed by atoms with Gasteiger partial charge in [-0.1, -0.05) is 37.8 Å². The fourth-order valence-electron chi connectivity index (χ4n) is 3.00. The number of carboxylic acid groups (broad SMARTS) is 1. The summed E-state index contributed by atoms with van der Waals surface area (Å²) in [6.45, 7) is 0.824. The van der Waals surface area contributed by atoms with E-state index >= 15 is 0 Å². The predicted octanol–water partition coefficient (Wildman–Crippen LogP) is 3.32. The molecule has 2 aromatic rings. The molecule has 1 saturated carbocycles. The van der Waals surface area contributed by atoms with E-state index in [1.807, 2.05) is 24.3 Å². The Morgan fingerprint density at radius 1 is 1.24 bits per heavy atom. The minimum Gasteiger partial charge on any atom is -0.475 e. The maximum absolute atomic E-state index is 11.1. The molecule has 1 heterocycles. The van der Waals surface area contributed by atoms with Crippen LogP contribution >= 0.6 is 0 Å². The summed E-state index contributed by atoms with van der Waals surface area (Å²) in [5.41, 5.74) is 0.660. The van der Waals surface area contributed by atoms with Gasteiger partial charge in [0.25, 0.3) is 0 Å². The Morgan fingerprint density at radius 3 is 2.76 bits per heavy atom. The molecule has 0 spiro atoms. The third-order valence-electron chi connectivity index (χ3n) is 4.11. The average Bonchev–Trinajstić information content (AvgIpc) is 3.00. The molecule has 5 nitrogen and oxygen atoms in total. The molecule has 2 N–H and O–H groups in total. The molecule has 0 amide bonds. The lowest BCUT2D eigenvalue weighted by atomic mass is 10.0. The molecule has 1 aromatic carbocycles. The molecule has 1 aliphatic carbocycles. The van der Waals surface area contributed by atoms with Crippen LogP contribution in [0.2, 0.25) is 0 Å². The molecule has 0 bridgehead atoms. The normalized spacial score (nSPS) is 15.4. The number of aromatic nitrogens is 2. The van der Waals surface area contributed by atoms with Gasteiger partial charge in [0.1, 0.15) is 5.82 Å². The van der Waals surface area contributed by atoms with E-state index in [2.05, 4.69) is 15.3 Å². The van der Waals surface area contributed by atoms with Crippen LogP contribution in [0.4, 0.5) is 5.82 Å². The van der Waals surface area contributed by atoms with Gasteiger partial charge in [-0.3, -0.25) is 0 Å². The van der Waals surface area contributed by atoms with Gasteiger partial charge in [-0.25, -0.2) is 14.8 Å². The Bertz CT molecular complexity index is 651. The van der Waals surface area contributed by atoms with E-state index in [0.717, 1.165) is 24.3 Å². The Labute approximate surface area is 123 Å². The molecule has 0 saturated heterocycles. The van der Waals surface area contributed by atoms with Gasteiger partial charge >= 0.3 is 5.97 Å². The summed E-state index contributed by atoms with van der Waals surface area (Å²) in [5, 5.41) is 13.3. The summed E-state index contributed by atoms with van der Waals surface area (Å²) in [7, 11) is 0. The topological polar surface area (TPSA) is 75.1 Å². The molecule has 1 fully saturated rings. The lowest BCUT2D eigenvalue weighted by molar-refractivity contribution is 0.0684. The summed E-state index contributed by atoms with van der Waals surface area (Å²) < 4.78 is 0. The van der Waals surface area contributed by atoms with Crippen LogP contribution in [0.15, 0.2) is 24.3 Å². The molecule has 1 aliphatic rings. The minimum absolute atomic E-state index is 0.155. The predicted molar refractivity (Wildman–Crippen MR) is 81.6 cm³/mol. The van der Waals surface area contributed by atoms with Crippen LogP contribution in [0.1, 0.15) is 42.7 Å². The highest BCUT2D eigenvalue weighted by Crippen LogP contribution is 2.27. The summed E-state index contributed by atoms with van der Waals surface area (Å²) in [5.74, 6) is 0.164. The van der Waals surface area contributed by atoms with E-state index in [0.29, 0.717) is 11.3 Å². The number of nitrogens with one attached hydrogen (secondary N) is 1. The first-order valence-corrected chi connectivity index (χ1v) is 7.48. The van der Waals surface area contributed by atoms with Crippen molar-refractivity contribution in [2.75, 3.05) is 11.9 Å². The molecule has 21 heavy (non-hydrogen) atoms. The number of fused-ring (bicyclic) bond motifs is 1. The molecule has 0 aliphatic heterocycles. The Hall–Kier alpha value is -2.17. The zero-order chi connectivity index (χ0) is 14.7. The number of aromatic carboxylic acids is 1. The maximum Gasteiger partial charge on any atom is 0.374 e. The van der Waals surface area contributed by atoms with Gasteiger partial charge < -0.3 is 10.4 Å². The van der Waals surface area contributed by atoms with Crippen LogP contribution in [0.5, 0.6) is 0 Å². The van der Waals surface area contributed by atoms with Crippen LogP contribution in [-0.2, 0) is 0 Å². The molecule has 3 rings (SSSR count). The van der Waals surface area contributed by atoms with E-state index in [9.17, 15) is 4.79 Å². The average molecular weight is 285 g/mol. The quantitative estimate of drug-likeness (QED) is 0.881. The zero-order valence-electron chi connectivity index (χ0n) is 11.9. The number of rotatable bonds is 5. The summed E-state index contributed by atoms with van der Waals surface area (Å²) in [4.78, 5) is 19.3. The van der Waals surface area contributed by atoms with Crippen molar-refractivity contribution in [3.8, 4) is 0 Å². The highest BCUT2D eigenvalue weighted by molar-refractivity contribution is 5.93. The van der Waals surface area contributed by atoms with Crippen molar-refractivity contribution >= 4 is 22.7 Å². The van der Waals surface area contributed by atoms with Crippen LogP contribution in [0, 0.1) is 5.92 Å². The molecular weight excluding hydrogens is 266 g/mol. The number of nitrogens with zero attached hydrogens (tertiary/aromatic N) is 2. The largest absolute Gasteiger partial charge is 0.475 e. The molecule has 5 heteroatoms. The van der Waals surface area contributed by atoms with Crippen LogP contribution in [0.25, 0.3) is 10.9 Å². The molecule has 1 aromatic heterocycles. The van der Waals surface area contributed by atoms with Crippen molar-refractivity contribution in [2.45, 2.75) is 32.1 Å². The number of anilines is 1. The zero-order valence-corrected chi connectivity index (χ0v) is 11.9. The fourth-order valence-corrected chi connectivity index (χ4v) is 3.00. The van der Waals surface area contributed by atoms with Crippen LogP contribution < -0.4 is 5.32 Å². The fraction of sp³-hybridized carbons (Fsp3) is 0.438. The van der Waals surface area contributed by atoms with Gasteiger partial charge in [0.05, 0.1) is 5.52 Å². The monoisotopic (exact) mass is 285 g/mol. The molecule has 0 atom stereocenters. The summed E-state index contributed by atoms with van der Waals surface area (Å²) in [6, 6.07) is 7.49. The number of hydrogen-bond acceptors (Lipinski definition) is 4. The second kappa shape index (κ2) is 6.08. The molecule has 110 valence electrons. The summed E-state index contributed by atoms with van der Waals surface area (Å²) in [6.07, 6.45) is 6.41. The van der Waals surface area contributed by atoms with E-state index in [1.165, 1.54) is 25.7 Å². The van der Waals surface area contributed by atoms with Crippen molar-refractivity contribution < 1.29 is 9.90 Å². The van der Waals surface area contributed by atoms with Gasteiger partial charge in [-0.2, -0.15) is 0 Å². The smallest absolute Gasteiger partial charge is 0.374 e. The first-order valence-electron chi connectivity index (χ1n) is 7.48. The van der Waals surface area contributed by atoms with E-state index in [1.54, 1.807) is 0 Å². The molecule has 0 radical (unpaired) electrons. The van der Waals surface area contributed by atoms with E-state index < -0.39 is 5.97 Å². The van der Waals surface area contributed by atoms with Gasteiger partial charge in [0, 0.05) is 11.9 Å². The van der Waals surface area contributed by atoms with E-state index in [-0.39, 0.29) is 5.82 Å². The van der Waals surface area contributed by atoms with Crippen molar-refractivity contribution in [3.63, 3.8) is 0 Å². The standard InChI is InChI=1S/C16H19N3O2/c20-16(21)15-18-13-8-4-3-7-12(13)14(19-15)17-10-9-11-5-1-2-6-11/h3-4,7-8,11H,1-2,5-6,9-10H2,(H,20,21)(H,17,18,19). The Kier molecular flexibility index (Phi) is 3.99. The van der Waals surface area contributed by atoms with Crippen molar-refractivity contribution in [1.29, 1.82) is 0 Å². The number of carbonyl (C=O) groups is 1. The van der Waals surface area contributed by atoms with Crippen molar-refractivity contribution in [1.82, 2.24) is 9.97 Å². The first-order chi connectivity index (χ1) is 10.2. The third kappa shape index (κ3) is 3.12. The van der Waals surface area contributed by atoms with Crippen molar-refractivity contribution in [2.24, 2.45) is 5.92 Å². The Morgan fingerprint density at radius 2 is 2.00 bits per heavy atom. The highest BCUT2D eigenvalue weighted by Gasteiger charge is 2.15. The highest BCUT2D eigenvalue weighted by atomic mass is 16.4. The van der Waals surface area contributed by atoms with Gasteiger partial charge in [-0.15, -0.1) is 0 Å². The van der Waals surface area contributed by atoms with Crippen LogP contribution in [-0.4, -0.2) is 27.6 Å². The van der Waals surface area contributed by atoms with Crippen LogP contribution in [0.3, 0.4) is 0 Å². The minimum atomic E-state index is -1.10. The second-order valence-corrected chi connectivity index (χ2v) is 5.58. The lowest BCUT2D eigenvalue weighted by Gasteiger charge is -2.12. The third-order valence-corrected chi connectivity index (χ3v) is 4.11. The number of carboxylic acids is 1. The van der Waals surface area contributed by atoms with Gasteiger partial charge in [-0.05, 0) is 24.5 Å². The SMILES string of the molecule is O=C(O)c1nc(NCCC2CCCC2)c2ccccc2n1.